The SMILES string of the molecule is N[C@@H]1CN(C(=O)COCc2ccccc2)C[C@H]1C1CC1. The summed E-state index contributed by atoms with van der Waals surface area (Å²) in [6.07, 6.45) is 2.57. The summed E-state index contributed by atoms with van der Waals surface area (Å²) in [7, 11) is 0. The summed E-state index contributed by atoms with van der Waals surface area (Å²) in [4.78, 5) is 14.0. The minimum atomic E-state index is 0.0690. The first-order chi connectivity index (χ1) is 9.74. The Kier molecular flexibility index (Phi) is 4.03. The number of rotatable bonds is 5. The number of benzene rings is 1. The number of nitrogens with zero attached hydrogens (tertiary/aromatic N) is 1. The zero-order valence-electron chi connectivity index (χ0n) is 11.7. The lowest BCUT2D eigenvalue weighted by Crippen LogP contribution is -2.34. The molecule has 4 heteroatoms. The van der Waals surface area contributed by atoms with Crippen LogP contribution in [0.1, 0.15) is 18.4 Å². The van der Waals surface area contributed by atoms with Crippen LogP contribution in [0, 0.1) is 11.8 Å². The van der Waals surface area contributed by atoms with Gasteiger partial charge in [-0.3, -0.25) is 4.79 Å². The number of carbonyl (C=O) groups excluding carboxylic acids is 1. The molecular formula is C16H22N2O2. The molecule has 2 atom stereocenters. The minimum Gasteiger partial charge on any atom is -0.367 e. The van der Waals surface area contributed by atoms with Gasteiger partial charge in [0, 0.05) is 19.1 Å². The van der Waals surface area contributed by atoms with Crippen molar-refractivity contribution >= 4 is 5.91 Å². The molecule has 1 aliphatic carbocycles. The van der Waals surface area contributed by atoms with Gasteiger partial charge in [0.2, 0.25) is 5.91 Å². The third-order valence-corrected chi connectivity index (χ3v) is 4.33. The molecule has 20 heavy (non-hydrogen) atoms. The van der Waals surface area contributed by atoms with Gasteiger partial charge in [0.1, 0.15) is 6.61 Å². The number of amides is 1. The van der Waals surface area contributed by atoms with Crippen LogP contribution in [0.15, 0.2) is 30.3 Å². The fourth-order valence-electron chi connectivity index (χ4n) is 3.00. The Morgan fingerprint density at radius 2 is 2.00 bits per heavy atom. The van der Waals surface area contributed by atoms with Crippen molar-refractivity contribution in [1.82, 2.24) is 4.90 Å². The molecule has 0 spiro atoms. The molecule has 0 bridgehead atoms. The van der Waals surface area contributed by atoms with E-state index in [2.05, 4.69) is 0 Å². The first kappa shape index (κ1) is 13.6. The molecule has 0 unspecified atom stereocenters. The van der Waals surface area contributed by atoms with Gasteiger partial charge in [-0.1, -0.05) is 30.3 Å². The lowest BCUT2D eigenvalue weighted by atomic mass is 9.99. The molecule has 1 heterocycles. The third kappa shape index (κ3) is 3.19. The van der Waals surface area contributed by atoms with Gasteiger partial charge < -0.3 is 15.4 Å². The largest absolute Gasteiger partial charge is 0.367 e. The van der Waals surface area contributed by atoms with E-state index in [4.69, 9.17) is 10.5 Å². The minimum absolute atomic E-state index is 0.0690. The molecule has 1 saturated heterocycles. The summed E-state index contributed by atoms with van der Waals surface area (Å²) >= 11 is 0. The van der Waals surface area contributed by atoms with Crippen LogP contribution in [0.5, 0.6) is 0 Å². The topological polar surface area (TPSA) is 55.6 Å². The summed E-state index contributed by atoms with van der Waals surface area (Å²) in [5.74, 6) is 1.33. The molecule has 2 fully saturated rings. The molecule has 0 aromatic heterocycles. The molecule has 0 radical (unpaired) electrons. The van der Waals surface area contributed by atoms with Crippen molar-refractivity contribution in [3.63, 3.8) is 0 Å². The molecule has 1 aliphatic heterocycles. The van der Waals surface area contributed by atoms with Crippen LogP contribution in [0.25, 0.3) is 0 Å². The van der Waals surface area contributed by atoms with Gasteiger partial charge in [-0.25, -0.2) is 0 Å². The van der Waals surface area contributed by atoms with E-state index < -0.39 is 0 Å². The lowest BCUT2D eigenvalue weighted by Gasteiger charge is -2.16. The number of carbonyl (C=O) groups is 1. The number of nitrogens with two attached hydrogens (primary N) is 1. The van der Waals surface area contributed by atoms with Crippen molar-refractivity contribution in [2.45, 2.75) is 25.5 Å². The predicted octanol–water partition coefficient (Wildman–Crippen LogP) is 1.40. The van der Waals surface area contributed by atoms with E-state index in [0.29, 0.717) is 19.1 Å². The Hall–Kier alpha value is -1.39. The van der Waals surface area contributed by atoms with Crippen molar-refractivity contribution in [1.29, 1.82) is 0 Å². The summed E-state index contributed by atoms with van der Waals surface area (Å²) in [6.45, 7) is 2.14. The van der Waals surface area contributed by atoms with E-state index >= 15 is 0 Å². The van der Waals surface area contributed by atoms with E-state index in [1.807, 2.05) is 35.2 Å². The van der Waals surface area contributed by atoms with Crippen molar-refractivity contribution in [3.8, 4) is 0 Å². The van der Waals surface area contributed by atoms with Crippen LogP contribution in [0.4, 0.5) is 0 Å². The predicted molar refractivity (Wildman–Crippen MR) is 76.9 cm³/mol. The number of hydrogen-bond acceptors (Lipinski definition) is 3. The Bertz CT molecular complexity index is 459. The van der Waals surface area contributed by atoms with Gasteiger partial charge in [0.05, 0.1) is 6.61 Å². The highest BCUT2D eigenvalue weighted by molar-refractivity contribution is 5.77. The molecule has 4 nitrogen and oxygen atoms in total. The molecule has 1 aromatic carbocycles. The normalized spacial score (nSPS) is 25.9. The van der Waals surface area contributed by atoms with Gasteiger partial charge in [0.25, 0.3) is 0 Å². The van der Waals surface area contributed by atoms with Gasteiger partial charge in [0.15, 0.2) is 0 Å². The molecular weight excluding hydrogens is 252 g/mol. The highest BCUT2D eigenvalue weighted by Crippen LogP contribution is 2.40. The van der Waals surface area contributed by atoms with Crippen molar-refractivity contribution in [3.05, 3.63) is 35.9 Å². The molecule has 108 valence electrons. The summed E-state index contributed by atoms with van der Waals surface area (Å²) < 4.78 is 5.51. The van der Waals surface area contributed by atoms with Crippen LogP contribution in [0.2, 0.25) is 0 Å². The lowest BCUT2D eigenvalue weighted by molar-refractivity contribution is -0.135. The zero-order chi connectivity index (χ0) is 13.9. The van der Waals surface area contributed by atoms with E-state index in [1.165, 1.54) is 12.8 Å². The first-order valence-corrected chi connectivity index (χ1v) is 7.39. The zero-order valence-corrected chi connectivity index (χ0v) is 11.7. The van der Waals surface area contributed by atoms with Gasteiger partial charge >= 0.3 is 0 Å². The second-order valence-corrected chi connectivity index (χ2v) is 5.94. The number of ether oxygens (including phenoxy) is 1. The van der Waals surface area contributed by atoms with Gasteiger partial charge in [-0.05, 0) is 30.2 Å². The summed E-state index contributed by atoms with van der Waals surface area (Å²) in [6, 6.07) is 10.1. The Balaban J connectivity index is 1.43. The smallest absolute Gasteiger partial charge is 0.248 e. The van der Waals surface area contributed by atoms with Crippen molar-refractivity contribution < 1.29 is 9.53 Å². The Labute approximate surface area is 119 Å². The van der Waals surface area contributed by atoms with Crippen LogP contribution >= 0.6 is 0 Å². The van der Waals surface area contributed by atoms with Crippen LogP contribution in [-0.4, -0.2) is 36.5 Å². The van der Waals surface area contributed by atoms with Gasteiger partial charge in [-0.15, -0.1) is 0 Å². The molecule has 1 saturated carbocycles. The maximum absolute atomic E-state index is 12.1. The molecule has 3 rings (SSSR count). The van der Waals surface area contributed by atoms with Crippen molar-refractivity contribution in [2.75, 3.05) is 19.7 Å². The van der Waals surface area contributed by atoms with E-state index in [9.17, 15) is 4.79 Å². The standard InChI is InChI=1S/C16H22N2O2/c17-15-9-18(8-14(15)13-6-7-13)16(19)11-20-10-12-4-2-1-3-5-12/h1-5,13-15H,6-11,17H2/t14-,15+/m0/s1. The average Bonchev–Trinajstić information content (AvgIpc) is 3.23. The maximum Gasteiger partial charge on any atom is 0.248 e. The van der Waals surface area contributed by atoms with Crippen molar-refractivity contribution in [2.24, 2.45) is 17.6 Å². The summed E-state index contributed by atoms with van der Waals surface area (Å²) in [5.41, 5.74) is 7.23. The fraction of sp³-hybridized carbons (Fsp3) is 0.562. The van der Waals surface area contributed by atoms with Gasteiger partial charge in [-0.2, -0.15) is 0 Å². The summed E-state index contributed by atoms with van der Waals surface area (Å²) in [5, 5.41) is 0. The fourth-order valence-corrected chi connectivity index (χ4v) is 3.00. The van der Waals surface area contributed by atoms with Crippen LogP contribution in [-0.2, 0) is 16.1 Å². The average molecular weight is 274 g/mol. The second-order valence-electron chi connectivity index (χ2n) is 5.94. The first-order valence-electron chi connectivity index (χ1n) is 7.39. The third-order valence-electron chi connectivity index (χ3n) is 4.33. The van der Waals surface area contributed by atoms with E-state index in [0.717, 1.165) is 18.0 Å². The quantitative estimate of drug-likeness (QED) is 0.883. The Morgan fingerprint density at radius 1 is 1.25 bits per heavy atom. The molecule has 1 aromatic rings. The number of likely N-dealkylation sites (tertiary alicyclic amines) is 1. The van der Waals surface area contributed by atoms with Crippen LogP contribution < -0.4 is 5.73 Å². The molecule has 2 N–H and O–H groups in total. The molecule has 1 amide bonds. The number of hydrogen-bond donors (Lipinski definition) is 1. The Morgan fingerprint density at radius 3 is 2.70 bits per heavy atom. The highest BCUT2D eigenvalue weighted by atomic mass is 16.5. The second kappa shape index (κ2) is 5.94. The maximum atomic E-state index is 12.1. The highest BCUT2D eigenvalue weighted by Gasteiger charge is 2.41. The van der Waals surface area contributed by atoms with Crippen LogP contribution in [0.3, 0.4) is 0 Å². The monoisotopic (exact) mass is 274 g/mol. The van der Waals surface area contributed by atoms with E-state index in [-0.39, 0.29) is 18.6 Å². The molecule has 2 aliphatic rings. The van der Waals surface area contributed by atoms with E-state index in [1.54, 1.807) is 0 Å².